The van der Waals surface area contributed by atoms with E-state index in [9.17, 15) is 18.8 Å². The fraction of sp³-hybridized carbons (Fsp3) is 0.0870. The van der Waals surface area contributed by atoms with E-state index in [1.807, 2.05) is 30.3 Å². The van der Waals surface area contributed by atoms with Crippen LogP contribution < -0.4 is 10.9 Å². The van der Waals surface area contributed by atoms with Crippen LogP contribution in [0, 0.1) is 5.82 Å². The van der Waals surface area contributed by atoms with Gasteiger partial charge in [-0.1, -0.05) is 42.5 Å². The molecule has 0 spiro atoms. The maximum atomic E-state index is 13.6. The van der Waals surface area contributed by atoms with Crippen molar-refractivity contribution in [3.8, 4) is 0 Å². The maximum absolute atomic E-state index is 13.6. The number of ether oxygens (including phenoxy) is 1. The van der Waals surface area contributed by atoms with Crippen LogP contribution in [-0.2, 0) is 16.1 Å². The van der Waals surface area contributed by atoms with E-state index in [0.29, 0.717) is 16.5 Å². The second-order valence-corrected chi connectivity index (χ2v) is 6.57. The minimum absolute atomic E-state index is 0.163. The van der Waals surface area contributed by atoms with E-state index in [-0.39, 0.29) is 12.2 Å². The highest BCUT2D eigenvalue weighted by atomic mass is 19.1. The van der Waals surface area contributed by atoms with Crippen LogP contribution in [0.1, 0.15) is 15.9 Å². The van der Waals surface area contributed by atoms with Gasteiger partial charge in [0.15, 0.2) is 0 Å². The summed E-state index contributed by atoms with van der Waals surface area (Å²) in [5.74, 6) is -2.12. The lowest BCUT2D eigenvalue weighted by molar-refractivity contribution is -0.143. The lowest BCUT2D eigenvalue weighted by Crippen LogP contribution is -2.31. The molecule has 7 heteroatoms. The molecule has 0 saturated heterocycles. The molecule has 3 aromatic carbocycles. The minimum atomic E-state index is -0.721. The molecule has 1 N–H and O–H groups in total. The van der Waals surface area contributed by atoms with E-state index in [2.05, 4.69) is 5.32 Å². The highest BCUT2D eigenvalue weighted by molar-refractivity contribution is 6.07. The summed E-state index contributed by atoms with van der Waals surface area (Å²) in [6.07, 6.45) is 0. The van der Waals surface area contributed by atoms with Gasteiger partial charge in [0, 0.05) is 17.0 Å². The Labute approximate surface area is 169 Å². The zero-order valence-corrected chi connectivity index (χ0v) is 15.7. The summed E-state index contributed by atoms with van der Waals surface area (Å²) >= 11 is 0. The van der Waals surface area contributed by atoms with Crippen LogP contribution in [-0.4, -0.2) is 18.4 Å². The molecule has 0 aliphatic rings. The van der Waals surface area contributed by atoms with Crippen LogP contribution in [0.15, 0.2) is 75.9 Å². The molecular weight excluding hydrogens is 389 g/mol. The largest absolute Gasteiger partial charge is 0.459 e. The third-order valence-corrected chi connectivity index (χ3v) is 4.61. The molecule has 4 aromatic rings. The van der Waals surface area contributed by atoms with Crippen molar-refractivity contribution in [3.63, 3.8) is 0 Å². The lowest BCUT2D eigenvalue weighted by Gasteiger charge is -2.10. The van der Waals surface area contributed by atoms with Crippen molar-refractivity contribution in [2.75, 3.05) is 6.54 Å². The molecule has 0 radical (unpaired) electrons. The Morgan fingerprint density at radius 2 is 1.77 bits per heavy atom. The van der Waals surface area contributed by atoms with Gasteiger partial charge in [-0.25, -0.2) is 9.18 Å². The monoisotopic (exact) mass is 405 g/mol. The average Bonchev–Trinajstić information content (AvgIpc) is 2.75. The quantitative estimate of drug-likeness (QED) is 0.312. The van der Waals surface area contributed by atoms with Gasteiger partial charge in [0.25, 0.3) is 5.91 Å². The molecule has 0 aliphatic carbocycles. The van der Waals surface area contributed by atoms with Crippen molar-refractivity contribution < 1.29 is 23.1 Å². The fourth-order valence-electron chi connectivity index (χ4n) is 3.24. The van der Waals surface area contributed by atoms with E-state index in [1.54, 1.807) is 6.07 Å². The molecule has 0 fully saturated rings. The summed E-state index contributed by atoms with van der Waals surface area (Å²) < 4.78 is 24.1. The zero-order chi connectivity index (χ0) is 21.1. The van der Waals surface area contributed by atoms with Gasteiger partial charge >= 0.3 is 11.6 Å². The van der Waals surface area contributed by atoms with Crippen LogP contribution in [0.2, 0.25) is 0 Å². The first-order valence-corrected chi connectivity index (χ1v) is 9.16. The summed E-state index contributed by atoms with van der Waals surface area (Å²) in [6.45, 7) is -0.613. The van der Waals surface area contributed by atoms with E-state index >= 15 is 0 Å². The molecule has 1 amide bonds. The average molecular weight is 405 g/mol. The number of rotatable bonds is 5. The number of amides is 1. The van der Waals surface area contributed by atoms with Gasteiger partial charge in [0.1, 0.15) is 24.6 Å². The molecule has 1 aromatic heterocycles. The first-order chi connectivity index (χ1) is 14.5. The summed E-state index contributed by atoms with van der Waals surface area (Å²) in [7, 11) is 0. The second-order valence-electron chi connectivity index (χ2n) is 6.57. The molecule has 0 bridgehead atoms. The number of nitrogens with one attached hydrogen (secondary N) is 1. The standard InChI is InChI=1S/C23H16FNO5/c24-18-8-4-3-7-17(18)23(28)25-12-21(27)29-13-15-11-20(26)30-19-10-9-14-5-1-2-6-16(14)22(15)19/h1-11H,12-13H2,(H,25,28). The first-order valence-electron chi connectivity index (χ1n) is 9.16. The van der Waals surface area contributed by atoms with Gasteiger partial charge < -0.3 is 14.5 Å². The van der Waals surface area contributed by atoms with Gasteiger partial charge in [-0.2, -0.15) is 0 Å². The van der Waals surface area contributed by atoms with E-state index < -0.39 is 29.9 Å². The molecule has 1 heterocycles. The number of benzene rings is 3. The Kier molecular flexibility index (Phi) is 5.26. The summed E-state index contributed by atoms with van der Waals surface area (Å²) in [6, 6.07) is 17.8. The van der Waals surface area contributed by atoms with Crippen LogP contribution in [0.4, 0.5) is 4.39 Å². The van der Waals surface area contributed by atoms with Gasteiger partial charge in [0.2, 0.25) is 0 Å². The molecule has 0 saturated carbocycles. The Balaban J connectivity index is 1.50. The number of hydrogen-bond acceptors (Lipinski definition) is 5. The number of halogens is 1. The number of carbonyl (C=O) groups is 2. The van der Waals surface area contributed by atoms with Crippen molar-refractivity contribution in [3.05, 3.63) is 94.1 Å². The molecule has 0 unspecified atom stereocenters. The fourth-order valence-corrected chi connectivity index (χ4v) is 3.24. The van der Waals surface area contributed by atoms with Gasteiger partial charge in [-0.3, -0.25) is 9.59 Å². The van der Waals surface area contributed by atoms with Crippen molar-refractivity contribution >= 4 is 33.6 Å². The third kappa shape index (κ3) is 3.91. The Morgan fingerprint density at radius 3 is 2.60 bits per heavy atom. The van der Waals surface area contributed by atoms with Crippen molar-refractivity contribution in [1.29, 1.82) is 0 Å². The molecule has 4 rings (SSSR count). The van der Waals surface area contributed by atoms with E-state index in [4.69, 9.17) is 9.15 Å². The zero-order valence-electron chi connectivity index (χ0n) is 15.7. The van der Waals surface area contributed by atoms with Crippen molar-refractivity contribution in [2.45, 2.75) is 6.61 Å². The second kappa shape index (κ2) is 8.16. The topological polar surface area (TPSA) is 85.6 Å². The predicted octanol–water partition coefficient (Wildman–Crippen LogP) is 3.56. The molecule has 6 nitrogen and oxygen atoms in total. The van der Waals surface area contributed by atoms with Gasteiger partial charge in [-0.15, -0.1) is 0 Å². The summed E-state index contributed by atoms with van der Waals surface area (Å²) in [4.78, 5) is 36.0. The summed E-state index contributed by atoms with van der Waals surface area (Å²) in [5.41, 5.74) is 0.159. The highest BCUT2D eigenvalue weighted by Gasteiger charge is 2.14. The molecular formula is C23H16FNO5. The Hall–Kier alpha value is -4.00. The minimum Gasteiger partial charge on any atom is -0.459 e. The SMILES string of the molecule is O=C(CNC(=O)c1ccccc1F)OCc1cc(=O)oc2ccc3ccccc3c12. The van der Waals surface area contributed by atoms with Gasteiger partial charge in [0.05, 0.1) is 5.56 Å². The highest BCUT2D eigenvalue weighted by Crippen LogP contribution is 2.27. The van der Waals surface area contributed by atoms with Gasteiger partial charge in [-0.05, 0) is 29.0 Å². The maximum Gasteiger partial charge on any atom is 0.336 e. The Morgan fingerprint density at radius 1 is 1.00 bits per heavy atom. The Bertz CT molecular complexity index is 1330. The third-order valence-electron chi connectivity index (χ3n) is 4.61. The van der Waals surface area contributed by atoms with Crippen LogP contribution in [0.5, 0.6) is 0 Å². The van der Waals surface area contributed by atoms with E-state index in [1.165, 1.54) is 24.3 Å². The van der Waals surface area contributed by atoms with Crippen LogP contribution in [0.3, 0.4) is 0 Å². The molecule has 150 valence electrons. The molecule has 30 heavy (non-hydrogen) atoms. The van der Waals surface area contributed by atoms with E-state index in [0.717, 1.165) is 16.8 Å². The number of esters is 1. The molecule has 0 atom stereocenters. The number of fused-ring (bicyclic) bond motifs is 3. The number of carbonyl (C=O) groups excluding carboxylic acids is 2. The predicted molar refractivity (Wildman–Crippen MR) is 109 cm³/mol. The van der Waals surface area contributed by atoms with Crippen LogP contribution >= 0.6 is 0 Å². The number of hydrogen-bond donors (Lipinski definition) is 1. The lowest BCUT2D eigenvalue weighted by atomic mass is 10.0. The summed E-state index contributed by atoms with van der Waals surface area (Å²) in [5, 5.41) is 4.80. The van der Waals surface area contributed by atoms with Crippen LogP contribution in [0.25, 0.3) is 21.7 Å². The molecule has 0 aliphatic heterocycles. The first kappa shape index (κ1) is 19.3. The van der Waals surface area contributed by atoms with Crippen molar-refractivity contribution in [2.24, 2.45) is 0 Å². The van der Waals surface area contributed by atoms with Crippen molar-refractivity contribution in [1.82, 2.24) is 5.32 Å². The normalized spacial score (nSPS) is 10.8. The smallest absolute Gasteiger partial charge is 0.336 e.